The van der Waals surface area contributed by atoms with E-state index in [4.69, 9.17) is 10.8 Å². The van der Waals surface area contributed by atoms with Gasteiger partial charge >= 0.3 is 5.97 Å². The fourth-order valence-corrected chi connectivity index (χ4v) is 1.57. The van der Waals surface area contributed by atoms with Gasteiger partial charge in [-0.2, -0.15) is 0 Å². The van der Waals surface area contributed by atoms with Crippen LogP contribution in [-0.4, -0.2) is 21.1 Å². The van der Waals surface area contributed by atoms with Crippen molar-refractivity contribution in [3.05, 3.63) is 32.3 Å². The number of phenolic OH excluding ortho intramolecular Hbond substituents is 1. The first kappa shape index (κ1) is 12.4. The lowest BCUT2D eigenvalue weighted by Gasteiger charge is -2.09. The van der Waals surface area contributed by atoms with Crippen molar-refractivity contribution in [3.63, 3.8) is 0 Å². The first-order valence-corrected chi connectivity index (χ1v) is 4.79. The molecule has 0 amide bonds. The van der Waals surface area contributed by atoms with E-state index < -0.39 is 22.7 Å². The standard InChI is InChI=1S/C8H7BrN2O5/c9-4-2-6(12)3(7(10)8(13)14)1-5(4)11(15)16/h1-2,7,12H,10H2,(H,13,14)/t7-/m0/s1. The highest BCUT2D eigenvalue weighted by Crippen LogP contribution is 2.34. The summed E-state index contributed by atoms with van der Waals surface area (Å²) in [6.45, 7) is 0. The first-order chi connectivity index (χ1) is 7.34. The number of hydrogen-bond donors (Lipinski definition) is 3. The number of aliphatic carboxylic acids is 1. The smallest absolute Gasteiger partial charge is 0.325 e. The van der Waals surface area contributed by atoms with Crippen molar-refractivity contribution in [3.8, 4) is 5.75 Å². The number of carboxylic acid groups (broad SMARTS) is 1. The van der Waals surface area contributed by atoms with Crippen LogP contribution in [0.4, 0.5) is 5.69 Å². The average Bonchev–Trinajstić information content (AvgIpc) is 2.16. The van der Waals surface area contributed by atoms with Crippen LogP contribution < -0.4 is 5.73 Å². The van der Waals surface area contributed by atoms with Crippen LogP contribution >= 0.6 is 15.9 Å². The molecular weight excluding hydrogens is 284 g/mol. The third-order valence-electron chi connectivity index (χ3n) is 1.89. The predicted octanol–water partition coefficient (Wildman–Crippen LogP) is 1.15. The summed E-state index contributed by atoms with van der Waals surface area (Å²) in [6.07, 6.45) is 0. The molecule has 1 rings (SSSR count). The number of nitrogens with zero attached hydrogens (tertiary/aromatic N) is 1. The van der Waals surface area contributed by atoms with E-state index in [-0.39, 0.29) is 15.7 Å². The first-order valence-electron chi connectivity index (χ1n) is 3.99. The van der Waals surface area contributed by atoms with E-state index in [2.05, 4.69) is 15.9 Å². The molecule has 0 heterocycles. The third-order valence-corrected chi connectivity index (χ3v) is 2.53. The Morgan fingerprint density at radius 3 is 2.56 bits per heavy atom. The number of benzene rings is 1. The summed E-state index contributed by atoms with van der Waals surface area (Å²) in [5, 5.41) is 28.6. The largest absolute Gasteiger partial charge is 0.508 e. The summed E-state index contributed by atoms with van der Waals surface area (Å²) in [5.74, 6) is -1.79. The highest BCUT2D eigenvalue weighted by atomic mass is 79.9. The molecule has 0 unspecified atom stereocenters. The Kier molecular flexibility index (Phi) is 3.45. The van der Waals surface area contributed by atoms with Crippen molar-refractivity contribution in [1.82, 2.24) is 0 Å². The maximum Gasteiger partial charge on any atom is 0.325 e. The lowest BCUT2D eigenvalue weighted by atomic mass is 10.1. The molecule has 0 aromatic heterocycles. The number of aromatic hydroxyl groups is 1. The van der Waals surface area contributed by atoms with Gasteiger partial charge in [-0.25, -0.2) is 0 Å². The van der Waals surface area contributed by atoms with Crippen LogP contribution in [0, 0.1) is 10.1 Å². The van der Waals surface area contributed by atoms with Gasteiger partial charge in [-0.1, -0.05) is 0 Å². The quantitative estimate of drug-likeness (QED) is 0.566. The van der Waals surface area contributed by atoms with Crippen molar-refractivity contribution in [2.24, 2.45) is 5.73 Å². The van der Waals surface area contributed by atoms with Crippen LogP contribution in [0.15, 0.2) is 16.6 Å². The van der Waals surface area contributed by atoms with E-state index in [1.54, 1.807) is 0 Å². The Balaban J connectivity index is 3.35. The van der Waals surface area contributed by atoms with Gasteiger partial charge in [-0.15, -0.1) is 0 Å². The fourth-order valence-electron chi connectivity index (χ4n) is 1.09. The molecule has 0 aliphatic heterocycles. The molecule has 4 N–H and O–H groups in total. The maximum absolute atomic E-state index is 10.6. The van der Waals surface area contributed by atoms with E-state index in [1.807, 2.05) is 0 Å². The molecular formula is C8H7BrN2O5. The molecule has 0 aliphatic carbocycles. The van der Waals surface area contributed by atoms with Gasteiger partial charge in [-0.05, 0) is 15.9 Å². The zero-order chi connectivity index (χ0) is 12.5. The zero-order valence-electron chi connectivity index (χ0n) is 7.75. The molecule has 1 aromatic rings. The zero-order valence-corrected chi connectivity index (χ0v) is 9.34. The van der Waals surface area contributed by atoms with Crippen molar-refractivity contribution >= 4 is 27.6 Å². The minimum absolute atomic E-state index is 0.0522. The van der Waals surface area contributed by atoms with Gasteiger partial charge < -0.3 is 15.9 Å². The van der Waals surface area contributed by atoms with Gasteiger partial charge in [-0.3, -0.25) is 14.9 Å². The molecule has 7 nitrogen and oxygen atoms in total. The van der Waals surface area contributed by atoms with Crippen molar-refractivity contribution in [1.29, 1.82) is 0 Å². The number of phenols is 1. The van der Waals surface area contributed by atoms with Crippen LogP contribution in [-0.2, 0) is 4.79 Å². The SMILES string of the molecule is N[C@H](C(=O)O)c1cc([N+](=O)[O-])c(Br)cc1O. The van der Waals surface area contributed by atoms with Crippen molar-refractivity contribution in [2.45, 2.75) is 6.04 Å². The van der Waals surface area contributed by atoms with Gasteiger partial charge in [0.05, 0.1) is 9.40 Å². The van der Waals surface area contributed by atoms with Gasteiger partial charge in [0.1, 0.15) is 11.8 Å². The molecule has 0 saturated carbocycles. The maximum atomic E-state index is 10.6. The van der Waals surface area contributed by atoms with Crippen LogP contribution in [0.1, 0.15) is 11.6 Å². The minimum Gasteiger partial charge on any atom is -0.508 e. The van der Waals surface area contributed by atoms with E-state index in [1.165, 1.54) is 0 Å². The molecule has 0 aliphatic rings. The Morgan fingerprint density at radius 2 is 2.12 bits per heavy atom. The molecule has 0 bridgehead atoms. The number of carboxylic acids is 1. The van der Waals surface area contributed by atoms with E-state index in [0.717, 1.165) is 12.1 Å². The van der Waals surface area contributed by atoms with Crippen LogP contribution in [0.2, 0.25) is 0 Å². The topological polar surface area (TPSA) is 127 Å². The number of nitro benzene ring substituents is 1. The molecule has 0 radical (unpaired) electrons. The summed E-state index contributed by atoms with van der Waals surface area (Å²) in [7, 11) is 0. The van der Waals surface area contributed by atoms with E-state index in [0.29, 0.717) is 0 Å². The predicted molar refractivity (Wildman–Crippen MR) is 57.0 cm³/mol. The minimum atomic E-state index is -1.51. The van der Waals surface area contributed by atoms with Gasteiger partial charge in [0, 0.05) is 17.7 Å². The molecule has 0 spiro atoms. The number of nitro groups is 1. The summed E-state index contributed by atoms with van der Waals surface area (Å²) in [6, 6.07) is 0.459. The molecule has 0 fully saturated rings. The number of carbonyl (C=O) groups is 1. The monoisotopic (exact) mass is 290 g/mol. The molecule has 8 heteroatoms. The van der Waals surface area contributed by atoms with Crippen molar-refractivity contribution in [2.75, 3.05) is 0 Å². The lowest BCUT2D eigenvalue weighted by Crippen LogP contribution is -2.20. The molecule has 1 aromatic carbocycles. The summed E-state index contributed by atoms with van der Waals surface area (Å²) < 4.78 is 0.0522. The number of halogens is 1. The second kappa shape index (κ2) is 4.45. The number of rotatable bonds is 3. The molecule has 16 heavy (non-hydrogen) atoms. The van der Waals surface area contributed by atoms with E-state index in [9.17, 15) is 20.0 Å². The molecule has 0 saturated heterocycles. The second-order valence-corrected chi connectivity index (χ2v) is 3.79. The number of hydrogen-bond acceptors (Lipinski definition) is 5. The second-order valence-electron chi connectivity index (χ2n) is 2.94. The summed E-state index contributed by atoms with van der Waals surface area (Å²) >= 11 is 2.88. The highest BCUT2D eigenvalue weighted by molar-refractivity contribution is 9.10. The van der Waals surface area contributed by atoms with Gasteiger partial charge in [0.15, 0.2) is 0 Å². The Morgan fingerprint density at radius 1 is 1.56 bits per heavy atom. The number of nitrogens with two attached hydrogens (primary N) is 1. The Hall–Kier alpha value is -1.67. The van der Waals surface area contributed by atoms with Gasteiger partial charge in [0.25, 0.3) is 5.69 Å². The van der Waals surface area contributed by atoms with Crippen LogP contribution in [0.25, 0.3) is 0 Å². The highest BCUT2D eigenvalue weighted by Gasteiger charge is 2.23. The Bertz CT molecular complexity index is 462. The third kappa shape index (κ3) is 2.28. The average molecular weight is 291 g/mol. The van der Waals surface area contributed by atoms with Crippen molar-refractivity contribution < 1.29 is 19.9 Å². The van der Waals surface area contributed by atoms with Gasteiger partial charge in [0.2, 0.25) is 0 Å². The van der Waals surface area contributed by atoms with Crippen LogP contribution in [0.5, 0.6) is 5.75 Å². The lowest BCUT2D eigenvalue weighted by molar-refractivity contribution is -0.385. The normalized spacial score (nSPS) is 12.1. The Labute approximate surface area is 97.8 Å². The summed E-state index contributed by atoms with van der Waals surface area (Å²) in [4.78, 5) is 20.5. The van der Waals surface area contributed by atoms with Crippen LogP contribution in [0.3, 0.4) is 0 Å². The van der Waals surface area contributed by atoms with E-state index >= 15 is 0 Å². The molecule has 86 valence electrons. The molecule has 1 atom stereocenters. The fraction of sp³-hybridized carbons (Fsp3) is 0.125. The summed E-state index contributed by atoms with van der Waals surface area (Å²) in [5.41, 5.74) is 4.70.